The molecule has 2 aliphatic rings. The van der Waals surface area contributed by atoms with Crippen LogP contribution in [-0.2, 0) is 16.1 Å². The Morgan fingerprint density at radius 3 is 2.36 bits per heavy atom. The Balaban J connectivity index is 0.000000436. The summed E-state index contributed by atoms with van der Waals surface area (Å²) < 4.78 is 5.46. The monoisotopic (exact) mass is 630 g/mol. The van der Waals surface area contributed by atoms with E-state index in [9.17, 15) is 24.3 Å². The largest absolute Gasteiger partial charge is 0.508 e. The number of phenols is 1. The first-order valence-electron chi connectivity index (χ1n) is 14.8. The van der Waals surface area contributed by atoms with Gasteiger partial charge in [-0.15, -0.1) is 0 Å². The van der Waals surface area contributed by atoms with Gasteiger partial charge in [-0.2, -0.15) is 0 Å². The van der Waals surface area contributed by atoms with Crippen LogP contribution in [0.3, 0.4) is 0 Å². The summed E-state index contributed by atoms with van der Waals surface area (Å²) in [6, 6.07) is 20.9. The Labute approximate surface area is 265 Å². The summed E-state index contributed by atoms with van der Waals surface area (Å²) in [4.78, 5) is 55.4. The normalized spacial score (nSPS) is 14.7. The van der Waals surface area contributed by atoms with Gasteiger partial charge in [-0.1, -0.05) is 47.5 Å². The lowest BCUT2D eigenvalue weighted by Gasteiger charge is -2.37. The van der Waals surface area contributed by atoms with E-state index >= 15 is 0 Å². The first-order chi connectivity index (χ1) is 21.7. The second-order valence-electron chi connectivity index (χ2n) is 11.0. The van der Waals surface area contributed by atoms with Crippen LogP contribution >= 0.6 is 11.6 Å². The van der Waals surface area contributed by atoms with E-state index in [1.807, 2.05) is 60.4 Å². The average molecular weight is 631 g/mol. The minimum atomic E-state index is -0.681. The first-order valence-corrected chi connectivity index (χ1v) is 15.2. The maximum absolute atomic E-state index is 12.8. The summed E-state index contributed by atoms with van der Waals surface area (Å²) >= 11 is 5.61. The van der Waals surface area contributed by atoms with Gasteiger partial charge < -0.3 is 29.5 Å². The Bertz CT molecular complexity index is 1730. The Morgan fingerprint density at radius 1 is 0.933 bits per heavy atom. The zero-order chi connectivity index (χ0) is 31.9. The second-order valence-corrected chi connectivity index (χ2v) is 11.5. The number of hydrogen-bond donors (Lipinski definition) is 2. The van der Waals surface area contributed by atoms with Crippen LogP contribution in [0.4, 0.5) is 5.69 Å². The number of carbonyl (C=O) groups excluding carboxylic acids is 3. The summed E-state index contributed by atoms with van der Waals surface area (Å²) in [5, 5.41) is 13.2. The third kappa shape index (κ3) is 8.02. The molecule has 2 aliphatic heterocycles. The topological polar surface area (TPSA) is 123 Å². The molecule has 0 atom stereocenters. The van der Waals surface area contributed by atoms with Crippen molar-refractivity contribution in [2.75, 3.05) is 44.2 Å². The highest BCUT2D eigenvalue weighted by Gasteiger charge is 2.25. The average Bonchev–Trinajstić information content (AvgIpc) is 3.45. The molecule has 0 spiro atoms. The lowest BCUT2D eigenvalue weighted by Crippen LogP contribution is -2.51. The number of nitrogens with zero attached hydrogens (tertiary/aromatic N) is 3. The van der Waals surface area contributed by atoms with E-state index in [2.05, 4.69) is 10.2 Å². The number of nitrogens with one attached hydrogen (secondary N) is 1. The molecule has 234 valence electrons. The van der Waals surface area contributed by atoms with Crippen LogP contribution in [0.15, 0.2) is 82.0 Å². The molecule has 3 amide bonds. The van der Waals surface area contributed by atoms with Gasteiger partial charge in [0.2, 0.25) is 11.8 Å². The third-order valence-corrected chi connectivity index (χ3v) is 8.10. The molecule has 45 heavy (non-hydrogen) atoms. The first kappa shape index (κ1) is 31.6. The number of rotatable bonds is 6. The predicted molar refractivity (Wildman–Crippen MR) is 173 cm³/mol. The van der Waals surface area contributed by atoms with Gasteiger partial charge in [-0.25, -0.2) is 0 Å². The molecule has 4 aromatic rings. The van der Waals surface area contributed by atoms with Crippen LogP contribution in [0.2, 0.25) is 5.02 Å². The molecular formula is C34H35ClN4O6. The molecule has 3 heterocycles. The van der Waals surface area contributed by atoms with Crippen molar-refractivity contribution in [3.05, 3.63) is 105 Å². The number of phenolic OH excluding ortho intramolecular Hbond substituents is 1. The van der Waals surface area contributed by atoms with E-state index in [1.54, 1.807) is 4.90 Å². The lowest BCUT2D eigenvalue weighted by atomic mass is 10.1. The summed E-state index contributed by atoms with van der Waals surface area (Å²) in [5.41, 5.74) is 3.09. The van der Waals surface area contributed by atoms with Crippen molar-refractivity contribution in [1.82, 2.24) is 15.1 Å². The van der Waals surface area contributed by atoms with Crippen LogP contribution in [0, 0.1) is 6.92 Å². The molecule has 2 saturated heterocycles. The van der Waals surface area contributed by atoms with Gasteiger partial charge in [0.1, 0.15) is 11.3 Å². The molecular weight excluding hydrogens is 596 g/mol. The zero-order valence-electron chi connectivity index (χ0n) is 25.0. The van der Waals surface area contributed by atoms with Gasteiger partial charge in [-0.05, 0) is 49.2 Å². The molecule has 3 aromatic carbocycles. The highest BCUT2D eigenvalue weighted by atomic mass is 35.5. The maximum atomic E-state index is 12.8. The summed E-state index contributed by atoms with van der Waals surface area (Å²) in [7, 11) is 0. The molecule has 0 aliphatic carbocycles. The molecule has 0 unspecified atom stereocenters. The van der Waals surface area contributed by atoms with E-state index in [4.69, 9.17) is 16.0 Å². The number of carbonyl (C=O) groups is 3. The van der Waals surface area contributed by atoms with Crippen LogP contribution < -0.4 is 15.6 Å². The smallest absolute Gasteiger partial charge is 0.287 e. The van der Waals surface area contributed by atoms with Crippen LogP contribution in [-0.4, -0.2) is 71.9 Å². The molecule has 2 N–H and O–H groups in total. The van der Waals surface area contributed by atoms with E-state index in [0.29, 0.717) is 39.1 Å². The fourth-order valence-electron chi connectivity index (χ4n) is 5.37. The van der Waals surface area contributed by atoms with Crippen molar-refractivity contribution in [3.63, 3.8) is 0 Å². The van der Waals surface area contributed by atoms with Crippen LogP contribution in [0.1, 0.15) is 34.5 Å². The predicted octanol–water partition coefficient (Wildman–Crippen LogP) is 4.35. The van der Waals surface area contributed by atoms with Gasteiger partial charge in [-0.3, -0.25) is 19.2 Å². The number of halogens is 1. The van der Waals surface area contributed by atoms with E-state index < -0.39 is 11.3 Å². The van der Waals surface area contributed by atoms with E-state index in [1.165, 1.54) is 23.8 Å². The Kier molecular flexibility index (Phi) is 10.0. The molecule has 11 heteroatoms. The number of likely N-dealkylation sites (tertiary alicyclic amines) is 1. The standard InChI is InChI=1S/C27H28N4O6.C7H7Cl/c32-19-7-8-20-22(33)15-24(37-23(20)14-19)27(36)28-16-26(35)30-12-10-29(11-13-30)21-5-2-1-4-18(21)17-31-9-3-6-25(31)34;1-6-2-4-7(8)5-3-6/h1-2,4-5,7-8,14-15,32H,3,6,9-13,16-17H2,(H,28,36);2-5H,1H3. The molecule has 0 saturated carbocycles. The van der Waals surface area contributed by atoms with E-state index in [0.717, 1.165) is 35.3 Å². The molecule has 6 rings (SSSR count). The molecule has 1 aromatic heterocycles. The van der Waals surface area contributed by atoms with Crippen molar-refractivity contribution in [2.24, 2.45) is 0 Å². The highest BCUT2D eigenvalue weighted by Crippen LogP contribution is 2.25. The number of benzene rings is 3. The number of anilines is 1. The summed E-state index contributed by atoms with van der Waals surface area (Å²) in [6.07, 6.45) is 1.50. The van der Waals surface area contributed by atoms with Crippen molar-refractivity contribution >= 4 is 46.0 Å². The number of amides is 3. The summed E-state index contributed by atoms with van der Waals surface area (Å²) in [5.74, 6) is -1.04. The SMILES string of the molecule is Cc1ccc(Cl)cc1.O=C(NCC(=O)N1CCN(c2ccccc2CN2CCCC2=O)CC1)c1cc(=O)c2ccc(O)cc2o1. The zero-order valence-corrected chi connectivity index (χ0v) is 25.8. The molecule has 0 bridgehead atoms. The highest BCUT2D eigenvalue weighted by molar-refractivity contribution is 6.30. The molecule has 10 nitrogen and oxygen atoms in total. The van der Waals surface area contributed by atoms with Gasteiger partial charge in [0.05, 0.1) is 11.9 Å². The van der Waals surface area contributed by atoms with Crippen molar-refractivity contribution < 1.29 is 23.9 Å². The minimum absolute atomic E-state index is 0.0883. The number of aryl methyl sites for hydroxylation is 1. The van der Waals surface area contributed by atoms with Crippen LogP contribution in [0.25, 0.3) is 11.0 Å². The lowest BCUT2D eigenvalue weighted by molar-refractivity contribution is -0.130. The maximum Gasteiger partial charge on any atom is 0.287 e. The molecule has 2 fully saturated rings. The Morgan fingerprint density at radius 2 is 1.67 bits per heavy atom. The van der Waals surface area contributed by atoms with Crippen molar-refractivity contribution in [3.8, 4) is 5.75 Å². The van der Waals surface area contributed by atoms with Gasteiger partial charge >= 0.3 is 0 Å². The second kappa shape index (κ2) is 14.3. The number of para-hydroxylation sites is 1. The minimum Gasteiger partial charge on any atom is -0.508 e. The van der Waals surface area contributed by atoms with Crippen molar-refractivity contribution in [2.45, 2.75) is 26.3 Å². The van der Waals surface area contributed by atoms with Gasteiger partial charge in [0.25, 0.3) is 5.91 Å². The number of aromatic hydroxyl groups is 1. The quantitative estimate of drug-likeness (QED) is 0.325. The van der Waals surface area contributed by atoms with E-state index in [-0.39, 0.29) is 40.8 Å². The fraction of sp³-hybridized carbons (Fsp3) is 0.294. The van der Waals surface area contributed by atoms with Gasteiger partial charge in [0, 0.05) is 68.5 Å². The van der Waals surface area contributed by atoms with Crippen LogP contribution in [0.5, 0.6) is 5.75 Å². The summed E-state index contributed by atoms with van der Waals surface area (Å²) in [6.45, 7) is 5.44. The third-order valence-electron chi connectivity index (χ3n) is 7.84. The van der Waals surface area contributed by atoms with Gasteiger partial charge in [0.15, 0.2) is 11.2 Å². The van der Waals surface area contributed by atoms with Crippen molar-refractivity contribution in [1.29, 1.82) is 0 Å². The number of fused-ring (bicyclic) bond motifs is 1. The molecule has 0 radical (unpaired) electrons. The number of piperazine rings is 1. The fourth-order valence-corrected chi connectivity index (χ4v) is 5.50. The number of hydrogen-bond acceptors (Lipinski definition) is 7. The Hall–Kier alpha value is -4.83.